The van der Waals surface area contributed by atoms with Crippen LogP contribution in [-0.2, 0) is 0 Å². The van der Waals surface area contributed by atoms with Crippen molar-refractivity contribution in [2.75, 3.05) is 23.3 Å². The van der Waals surface area contributed by atoms with Crippen LogP contribution in [0.1, 0.15) is 13.8 Å². The van der Waals surface area contributed by atoms with Gasteiger partial charge in [-0.3, -0.25) is 0 Å². The molecule has 0 aliphatic carbocycles. The molecular formula is C13H15ClFN5. The summed E-state index contributed by atoms with van der Waals surface area (Å²) in [6.45, 7) is 4.97. The fourth-order valence-corrected chi connectivity index (χ4v) is 1.94. The highest BCUT2D eigenvalue weighted by atomic mass is 35.5. The van der Waals surface area contributed by atoms with Gasteiger partial charge in [-0.25, -0.2) is 4.39 Å². The van der Waals surface area contributed by atoms with Crippen molar-refractivity contribution >= 4 is 29.2 Å². The second-order valence-electron chi connectivity index (χ2n) is 3.95. The van der Waals surface area contributed by atoms with E-state index in [0.717, 1.165) is 0 Å². The van der Waals surface area contributed by atoms with E-state index in [4.69, 9.17) is 11.6 Å². The van der Waals surface area contributed by atoms with Crippen LogP contribution in [0.3, 0.4) is 0 Å². The van der Waals surface area contributed by atoms with Crippen LogP contribution < -0.4 is 10.2 Å². The summed E-state index contributed by atoms with van der Waals surface area (Å²) in [6.07, 6.45) is 0. The number of hydrogen-bond acceptors (Lipinski definition) is 5. The molecule has 0 amide bonds. The van der Waals surface area contributed by atoms with E-state index in [2.05, 4.69) is 20.3 Å². The predicted octanol–water partition coefficient (Wildman–Crippen LogP) is 3.25. The van der Waals surface area contributed by atoms with Gasteiger partial charge in [0.1, 0.15) is 5.82 Å². The molecule has 1 N–H and O–H groups in total. The molecule has 0 aliphatic heterocycles. The molecule has 0 fully saturated rings. The molecule has 1 heterocycles. The Morgan fingerprint density at radius 2 is 1.95 bits per heavy atom. The maximum absolute atomic E-state index is 13.9. The topological polar surface area (TPSA) is 53.9 Å². The van der Waals surface area contributed by atoms with Crippen molar-refractivity contribution < 1.29 is 4.39 Å². The van der Waals surface area contributed by atoms with E-state index in [1.54, 1.807) is 23.1 Å². The predicted molar refractivity (Wildman–Crippen MR) is 78.1 cm³/mol. The van der Waals surface area contributed by atoms with Crippen LogP contribution in [0, 0.1) is 5.82 Å². The minimum Gasteiger partial charge on any atom is -0.354 e. The Balaban J connectivity index is 2.44. The van der Waals surface area contributed by atoms with Crippen LogP contribution in [0.25, 0.3) is 0 Å². The number of nitrogens with one attached hydrogen (secondary N) is 1. The Morgan fingerprint density at radius 1 is 1.20 bits per heavy atom. The number of para-hydroxylation sites is 1. The van der Waals surface area contributed by atoms with E-state index in [9.17, 15) is 4.39 Å². The first-order valence-electron chi connectivity index (χ1n) is 6.33. The first kappa shape index (κ1) is 14.5. The van der Waals surface area contributed by atoms with Gasteiger partial charge in [0.25, 0.3) is 0 Å². The third-order valence-corrected chi connectivity index (χ3v) is 2.80. The number of benzene rings is 1. The summed E-state index contributed by atoms with van der Waals surface area (Å²) in [5.74, 6) is 0.349. The Kier molecular flexibility index (Phi) is 4.68. The molecule has 20 heavy (non-hydrogen) atoms. The highest BCUT2D eigenvalue weighted by molar-refractivity contribution is 6.28. The highest BCUT2D eigenvalue weighted by Gasteiger charge is 2.16. The van der Waals surface area contributed by atoms with Gasteiger partial charge in [-0.1, -0.05) is 12.1 Å². The lowest BCUT2D eigenvalue weighted by Gasteiger charge is -2.21. The first-order valence-corrected chi connectivity index (χ1v) is 6.71. The maximum Gasteiger partial charge on any atom is 0.236 e. The van der Waals surface area contributed by atoms with Crippen molar-refractivity contribution in [2.45, 2.75) is 13.8 Å². The molecule has 1 aromatic heterocycles. The Morgan fingerprint density at radius 3 is 2.60 bits per heavy atom. The van der Waals surface area contributed by atoms with Crippen molar-refractivity contribution in [2.24, 2.45) is 0 Å². The van der Waals surface area contributed by atoms with E-state index in [1.807, 2.05) is 13.8 Å². The highest BCUT2D eigenvalue weighted by Crippen LogP contribution is 2.25. The summed E-state index contributed by atoms with van der Waals surface area (Å²) < 4.78 is 13.9. The van der Waals surface area contributed by atoms with Crippen LogP contribution in [-0.4, -0.2) is 28.0 Å². The molecular weight excluding hydrogens is 281 g/mol. The number of rotatable bonds is 5. The average Bonchev–Trinajstić information content (AvgIpc) is 2.41. The summed E-state index contributed by atoms with van der Waals surface area (Å²) in [5.41, 5.74) is 0.403. The van der Waals surface area contributed by atoms with Crippen molar-refractivity contribution in [3.8, 4) is 0 Å². The Hall–Kier alpha value is -1.95. The molecule has 0 radical (unpaired) electrons. The number of hydrogen-bond donors (Lipinski definition) is 1. The smallest absolute Gasteiger partial charge is 0.236 e. The number of aromatic nitrogens is 3. The van der Waals surface area contributed by atoms with Crippen molar-refractivity contribution in [3.05, 3.63) is 35.4 Å². The summed E-state index contributed by atoms with van der Waals surface area (Å²) in [7, 11) is 0. The zero-order chi connectivity index (χ0) is 14.5. The molecule has 5 nitrogen and oxygen atoms in total. The van der Waals surface area contributed by atoms with Gasteiger partial charge in [-0.15, -0.1) is 0 Å². The van der Waals surface area contributed by atoms with Gasteiger partial charge in [0, 0.05) is 13.1 Å². The van der Waals surface area contributed by atoms with Gasteiger partial charge < -0.3 is 10.2 Å². The monoisotopic (exact) mass is 295 g/mol. The standard InChI is InChI=1S/C13H15ClFN5/c1-3-16-12-17-11(14)18-13(19-12)20(4-2)10-8-6-5-7-9(10)15/h5-8H,3-4H2,1-2H3,(H,16,17,18,19). The molecule has 0 bridgehead atoms. The van der Waals surface area contributed by atoms with Gasteiger partial charge in [0.15, 0.2) is 0 Å². The molecule has 7 heteroatoms. The number of nitrogens with zero attached hydrogens (tertiary/aromatic N) is 4. The lowest BCUT2D eigenvalue weighted by Crippen LogP contribution is -2.21. The molecule has 0 saturated carbocycles. The summed E-state index contributed by atoms with van der Waals surface area (Å²) in [5, 5.41) is 3.04. The number of anilines is 3. The summed E-state index contributed by atoms with van der Waals surface area (Å²) >= 11 is 5.89. The third kappa shape index (κ3) is 3.14. The lowest BCUT2D eigenvalue weighted by molar-refractivity contribution is 0.624. The fraction of sp³-hybridized carbons (Fsp3) is 0.308. The van der Waals surface area contributed by atoms with Gasteiger partial charge in [0.2, 0.25) is 17.2 Å². The maximum atomic E-state index is 13.9. The average molecular weight is 296 g/mol. The van der Waals surface area contributed by atoms with Crippen LogP contribution in [0.2, 0.25) is 5.28 Å². The third-order valence-electron chi connectivity index (χ3n) is 2.63. The van der Waals surface area contributed by atoms with Gasteiger partial charge in [-0.2, -0.15) is 15.0 Å². The van der Waals surface area contributed by atoms with Crippen LogP contribution in [0.5, 0.6) is 0 Å². The van der Waals surface area contributed by atoms with E-state index in [0.29, 0.717) is 30.7 Å². The van der Waals surface area contributed by atoms with Crippen LogP contribution in [0.15, 0.2) is 24.3 Å². The van der Waals surface area contributed by atoms with Gasteiger partial charge >= 0.3 is 0 Å². The second-order valence-corrected chi connectivity index (χ2v) is 4.29. The Bertz CT molecular complexity index is 593. The summed E-state index contributed by atoms with van der Waals surface area (Å²) in [4.78, 5) is 13.9. The van der Waals surface area contributed by atoms with Crippen molar-refractivity contribution in [1.29, 1.82) is 0 Å². The molecule has 106 valence electrons. The lowest BCUT2D eigenvalue weighted by atomic mass is 10.3. The molecule has 0 spiro atoms. The fourth-order valence-electron chi connectivity index (χ4n) is 1.79. The first-order chi connectivity index (χ1) is 9.65. The van der Waals surface area contributed by atoms with E-state index in [1.165, 1.54) is 6.07 Å². The zero-order valence-corrected chi connectivity index (χ0v) is 12.0. The summed E-state index contributed by atoms with van der Waals surface area (Å²) in [6, 6.07) is 6.46. The number of halogens is 2. The molecule has 2 rings (SSSR count). The molecule has 0 atom stereocenters. The van der Waals surface area contributed by atoms with Crippen LogP contribution >= 0.6 is 11.6 Å². The van der Waals surface area contributed by atoms with E-state index in [-0.39, 0.29) is 11.1 Å². The quantitative estimate of drug-likeness (QED) is 0.917. The van der Waals surface area contributed by atoms with Crippen molar-refractivity contribution in [3.63, 3.8) is 0 Å². The van der Waals surface area contributed by atoms with E-state index < -0.39 is 0 Å². The molecule has 1 aromatic carbocycles. The van der Waals surface area contributed by atoms with Crippen LogP contribution in [0.4, 0.5) is 22.0 Å². The van der Waals surface area contributed by atoms with Gasteiger partial charge in [0.05, 0.1) is 5.69 Å². The van der Waals surface area contributed by atoms with E-state index >= 15 is 0 Å². The molecule has 0 unspecified atom stereocenters. The second kappa shape index (κ2) is 6.47. The van der Waals surface area contributed by atoms with Crippen molar-refractivity contribution in [1.82, 2.24) is 15.0 Å². The normalized spacial score (nSPS) is 10.4. The minimum atomic E-state index is -0.337. The molecule has 0 saturated heterocycles. The Labute approximate surface area is 121 Å². The largest absolute Gasteiger partial charge is 0.354 e. The SMILES string of the molecule is CCNc1nc(Cl)nc(N(CC)c2ccccc2F)n1. The minimum absolute atomic E-state index is 0.0701. The zero-order valence-electron chi connectivity index (χ0n) is 11.3. The molecule has 0 aliphatic rings. The van der Waals surface area contributed by atoms with Gasteiger partial charge in [-0.05, 0) is 37.6 Å². The molecule has 2 aromatic rings.